The maximum atomic E-state index is 12.9. The summed E-state index contributed by atoms with van der Waals surface area (Å²) in [6.45, 7) is 6.52. The van der Waals surface area contributed by atoms with Gasteiger partial charge in [-0.25, -0.2) is 14.4 Å². The molecule has 2 fully saturated rings. The molecular formula is C30H35FN10O6. The van der Waals surface area contributed by atoms with E-state index in [-0.39, 0.29) is 34.9 Å². The molecule has 2 unspecified atom stereocenters. The minimum atomic E-state index is -0.561. The Labute approximate surface area is 268 Å². The Bertz CT molecular complexity index is 1680. The van der Waals surface area contributed by atoms with Crippen molar-refractivity contribution < 1.29 is 23.8 Å². The molecule has 16 nitrogen and oxygen atoms in total. The normalized spacial score (nSPS) is 16.7. The van der Waals surface area contributed by atoms with Gasteiger partial charge in [-0.15, -0.1) is 0 Å². The van der Waals surface area contributed by atoms with Gasteiger partial charge in [-0.1, -0.05) is 0 Å². The van der Waals surface area contributed by atoms with Crippen LogP contribution in [0.1, 0.15) is 26.7 Å². The number of carbonyl (C=O) groups excluding carboxylic acids is 2. The van der Waals surface area contributed by atoms with Gasteiger partial charge in [0.2, 0.25) is 11.8 Å². The summed E-state index contributed by atoms with van der Waals surface area (Å²) in [5.74, 6) is -0.493. The molecule has 2 aromatic carbocycles. The molecule has 6 rings (SSSR count). The van der Waals surface area contributed by atoms with Crippen molar-refractivity contribution in [3.63, 3.8) is 0 Å². The van der Waals surface area contributed by atoms with E-state index in [0.717, 1.165) is 56.4 Å². The molecule has 2 amide bonds. The van der Waals surface area contributed by atoms with Crippen LogP contribution in [0.5, 0.6) is 0 Å². The van der Waals surface area contributed by atoms with E-state index in [1.807, 2.05) is 0 Å². The summed E-state index contributed by atoms with van der Waals surface area (Å²) >= 11 is 0. The Balaban J connectivity index is 0.000000178. The predicted molar refractivity (Wildman–Crippen MR) is 170 cm³/mol. The van der Waals surface area contributed by atoms with Crippen LogP contribution in [-0.2, 0) is 9.59 Å². The van der Waals surface area contributed by atoms with Crippen molar-refractivity contribution in [3.05, 3.63) is 99.9 Å². The first kappa shape index (κ1) is 34.2. The van der Waals surface area contributed by atoms with Crippen molar-refractivity contribution in [3.8, 4) is 11.4 Å². The van der Waals surface area contributed by atoms with Gasteiger partial charge in [-0.05, 0) is 37.6 Å². The first-order chi connectivity index (χ1) is 22.5. The second-order valence-corrected chi connectivity index (χ2v) is 10.8. The summed E-state index contributed by atoms with van der Waals surface area (Å²) < 4.78 is 16.0. The zero-order chi connectivity index (χ0) is 33.9. The summed E-state index contributed by atoms with van der Waals surface area (Å²) in [6, 6.07) is 8.81. The highest BCUT2D eigenvalue weighted by atomic mass is 19.1. The zero-order valence-electron chi connectivity index (χ0n) is 25.8. The smallest absolute Gasteiger partial charge is 0.293 e. The lowest BCUT2D eigenvalue weighted by atomic mass is 10.2. The standard InChI is InChI=1S/C15H17N5O3.C9H6FN3O2.C6H12N2O/c1-11(21)17-12-4-6-18(9-12)13-2-3-14(20(22)23)15(8-13)19-7-5-16-10-19;10-7-1-2-8(13(14)15)9(5-7)12-4-3-11-6-12;1-5(9)8-6-2-3-7-4-6/h2-3,5,7-8,10,12H,4,6,9H2,1H3,(H,17,21);1-6H;6-7H,2-4H2,1H3,(H,8,9). The predicted octanol–water partition coefficient (Wildman–Crippen LogP) is 2.90. The molecule has 0 aliphatic carbocycles. The number of rotatable bonds is 7. The van der Waals surface area contributed by atoms with E-state index in [1.165, 1.54) is 42.6 Å². The highest BCUT2D eigenvalue weighted by molar-refractivity contribution is 5.73. The SMILES string of the molecule is CC(=O)NC1CCN(c2ccc([N+](=O)[O-])c(-n3ccnc3)c2)C1.CC(=O)NC1CCNC1.O=[N+]([O-])c1ccc(F)cc1-n1ccnc1. The second-order valence-electron chi connectivity index (χ2n) is 10.8. The average Bonchev–Trinajstić information content (AvgIpc) is 3.85. The maximum absolute atomic E-state index is 12.9. The third-order valence-corrected chi connectivity index (χ3v) is 7.28. The number of nitro groups is 2. The van der Waals surface area contributed by atoms with Crippen LogP contribution in [0.4, 0.5) is 21.5 Å². The van der Waals surface area contributed by atoms with Gasteiger partial charge in [-0.3, -0.25) is 29.8 Å². The Morgan fingerprint density at radius 2 is 1.45 bits per heavy atom. The van der Waals surface area contributed by atoms with E-state index >= 15 is 0 Å². The molecule has 2 atom stereocenters. The minimum absolute atomic E-state index is 0.0318. The van der Waals surface area contributed by atoms with Gasteiger partial charge in [0.25, 0.3) is 11.4 Å². The first-order valence-corrected chi connectivity index (χ1v) is 14.7. The lowest BCUT2D eigenvalue weighted by Crippen LogP contribution is -2.35. The zero-order valence-corrected chi connectivity index (χ0v) is 25.8. The van der Waals surface area contributed by atoms with Gasteiger partial charge >= 0.3 is 0 Å². The van der Waals surface area contributed by atoms with E-state index in [4.69, 9.17) is 0 Å². The number of benzene rings is 2. The highest BCUT2D eigenvalue weighted by Crippen LogP contribution is 2.30. The molecule has 0 saturated carbocycles. The number of halogens is 1. The number of aromatic nitrogens is 4. The number of nitro benzene ring substituents is 2. The average molecular weight is 651 g/mol. The quantitative estimate of drug-likeness (QED) is 0.198. The number of amides is 2. The molecule has 2 saturated heterocycles. The molecule has 2 aliphatic heterocycles. The number of carbonyl (C=O) groups is 2. The Kier molecular flexibility index (Phi) is 11.7. The topological polar surface area (TPSA) is 195 Å². The first-order valence-electron chi connectivity index (χ1n) is 14.7. The number of imidazole rings is 2. The molecule has 4 aromatic rings. The van der Waals surface area contributed by atoms with Crippen LogP contribution in [0.25, 0.3) is 11.4 Å². The van der Waals surface area contributed by atoms with E-state index < -0.39 is 15.7 Å². The van der Waals surface area contributed by atoms with Crippen LogP contribution in [0.15, 0.2) is 73.8 Å². The molecule has 248 valence electrons. The van der Waals surface area contributed by atoms with Crippen molar-refractivity contribution >= 4 is 28.9 Å². The maximum Gasteiger partial charge on any atom is 0.293 e. The van der Waals surface area contributed by atoms with Crippen molar-refractivity contribution in [1.29, 1.82) is 0 Å². The Hall–Kier alpha value is -5.71. The van der Waals surface area contributed by atoms with Crippen LogP contribution >= 0.6 is 0 Å². The monoisotopic (exact) mass is 650 g/mol. The van der Waals surface area contributed by atoms with Crippen LogP contribution in [0.3, 0.4) is 0 Å². The summed E-state index contributed by atoms with van der Waals surface area (Å²) in [4.78, 5) is 52.4. The molecule has 3 N–H and O–H groups in total. The molecule has 0 spiro atoms. The molecule has 2 aliphatic rings. The second kappa shape index (κ2) is 16.0. The number of nitrogens with zero attached hydrogens (tertiary/aromatic N) is 7. The molecule has 0 radical (unpaired) electrons. The lowest BCUT2D eigenvalue weighted by Gasteiger charge is -2.20. The summed E-state index contributed by atoms with van der Waals surface area (Å²) in [5.41, 5.74) is 1.41. The fraction of sp³-hybridized carbons (Fsp3) is 0.333. The molecule has 0 bridgehead atoms. The van der Waals surface area contributed by atoms with E-state index in [1.54, 1.807) is 36.0 Å². The highest BCUT2D eigenvalue weighted by Gasteiger charge is 2.25. The van der Waals surface area contributed by atoms with Gasteiger partial charge in [-0.2, -0.15) is 0 Å². The van der Waals surface area contributed by atoms with Crippen molar-refractivity contribution in [2.75, 3.05) is 31.1 Å². The number of anilines is 1. The molecule has 4 heterocycles. The van der Waals surface area contributed by atoms with Crippen LogP contribution < -0.4 is 20.9 Å². The van der Waals surface area contributed by atoms with Gasteiger partial charge in [0.15, 0.2) is 0 Å². The molecule has 17 heteroatoms. The van der Waals surface area contributed by atoms with Crippen LogP contribution in [-0.4, -0.2) is 79.0 Å². The van der Waals surface area contributed by atoms with Gasteiger partial charge < -0.3 is 30.0 Å². The summed E-state index contributed by atoms with van der Waals surface area (Å²) in [6.07, 6.45) is 11.1. The van der Waals surface area contributed by atoms with Crippen molar-refractivity contribution in [2.45, 2.75) is 38.8 Å². The largest absolute Gasteiger partial charge is 0.369 e. The Morgan fingerprint density at radius 3 is 1.96 bits per heavy atom. The third-order valence-electron chi connectivity index (χ3n) is 7.28. The number of hydrogen-bond acceptors (Lipinski definition) is 10. The minimum Gasteiger partial charge on any atom is -0.369 e. The van der Waals surface area contributed by atoms with E-state index in [2.05, 4.69) is 30.8 Å². The van der Waals surface area contributed by atoms with Gasteiger partial charge in [0.05, 0.1) is 22.5 Å². The van der Waals surface area contributed by atoms with E-state index in [9.17, 15) is 34.2 Å². The fourth-order valence-electron chi connectivity index (χ4n) is 5.20. The number of hydrogen-bond donors (Lipinski definition) is 3. The van der Waals surface area contributed by atoms with Crippen molar-refractivity contribution in [1.82, 2.24) is 35.1 Å². The fourth-order valence-corrected chi connectivity index (χ4v) is 5.20. The van der Waals surface area contributed by atoms with Crippen molar-refractivity contribution in [2.24, 2.45) is 0 Å². The number of nitrogens with one attached hydrogen (secondary N) is 3. The summed E-state index contributed by atoms with van der Waals surface area (Å²) in [7, 11) is 0. The van der Waals surface area contributed by atoms with Gasteiger partial charge in [0.1, 0.15) is 17.2 Å². The molecule has 47 heavy (non-hydrogen) atoms. The van der Waals surface area contributed by atoms with Crippen LogP contribution in [0, 0.1) is 26.0 Å². The lowest BCUT2D eigenvalue weighted by molar-refractivity contribution is -0.384. The van der Waals surface area contributed by atoms with E-state index in [0.29, 0.717) is 18.3 Å². The van der Waals surface area contributed by atoms with Gasteiger partial charge in [0, 0.05) is 94.2 Å². The third kappa shape index (κ3) is 9.64. The summed E-state index contributed by atoms with van der Waals surface area (Å²) in [5, 5.41) is 30.8. The molecular weight excluding hydrogens is 615 g/mol. The van der Waals surface area contributed by atoms with Crippen LogP contribution in [0.2, 0.25) is 0 Å². The Morgan fingerprint density at radius 1 is 0.872 bits per heavy atom. The molecule has 2 aromatic heterocycles.